The van der Waals surface area contributed by atoms with E-state index in [9.17, 15) is 10.1 Å². The molecule has 2 aromatic carbocycles. The van der Waals surface area contributed by atoms with Crippen LogP contribution < -0.4 is 4.74 Å². The summed E-state index contributed by atoms with van der Waals surface area (Å²) in [5.74, 6) is 0.0966. The van der Waals surface area contributed by atoms with E-state index >= 15 is 0 Å². The Kier molecular flexibility index (Phi) is 4.49. The lowest BCUT2D eigenvalue weighted by molar-refractivity contribution is -0.141. The third-order valence-electron chi connectivity index (χ3n) is 6.62. The molecule has 0 spiro atoms. The van der Waals surface area contributed by atoms with Crippen molar-refractivity contribution in [2.24, 2.45) is 0 Å². The Labute approximate surface area is 187 Å². The zero-order valence-electron chi connectivity index (χ0n) is 19.0. The topological polar surface area (TPSA) is 84.3 Å². The standard InChI is InChI=1S/C26H26N2O4/c1-14-15(11-27)6-8-19-21-23(29)18-9-7-16(30-12-17-13-31-26(4,5)32-17)10-20(18)25(2,3)24(21)28-22(14)19/h6-10,17,28H,12-13H2,1-5H3/t17-/m0/s1. The second-order valence-corrected chi connectivity index (χ2v) is 9.57. The summed E-state index contributed by atoms with van der Waals surface area (Å²) in [5.41, 5.74) is 5.03. The number of ether oxygens (including phenoxy) is 3. The summed E-state index contributed by atoms with van der Waals surface area (Å²) < 4.78 is 17.4. The molecule has 1 N–H and O–H groups in total. The van der Waals surface area contributed by atoms with Crippen LogP contribution in [0.2, 0.25) is 0 Å². The lowest BCUT2D eigenvalue weighted by Crippen LogP contribution is -2.30. The van der Waals surface area contributed by atoms with Gasteiger partial charge in [0.15, 0.2) is 11.6 Å². The van der Waals surface area contributed by atoms with E-state index in [1.807, 2.05) is 45.0 Å². The van der Waals surface area contributed by atoms with Crippen molar-refractivity contribution in [3.63, 3.8) is 0 Å². The number of nitrogens with one attached hydrogen (secondary N) is 1. The number of aromatic nitrogens is 1. The van der Waals surface area contributed by atoms with Gasteiger partial charge in [0.1, 0.15) is 18.5 Å². The van der Waals surface area contributed by atoms with Gasteiger partial charge in [-0.1, -0.05) is 19.9 Å². The molecule has 2 aliphatic rings. The molecule has 3 aromatic rings. The van der Waals surface area contributed by atoms with E-state index in [1.54, 1.807) is 6.07 Å². The highest BCUT2D eigenvalue weighted by Gasteiger charge is 2.40. The molecule has 0 unspecified atom stereocenters. The van der Waals surface area contributed by atoms with Gasteiger partial charge in [0.2, 0.25) is 0 Å². The molecule has 1 aliphatic carbocycles. The number of fused-ring (bicyclic) bond motifs is 4. The van der Waals surface area contributed by atoms with Crippen LogP contribution >= 0.6 is 0 Å². The van der Waals surface area contributed by atoms with E-state index in [0.717, 1.165) is 27.7 Å². The van der Waals surface area contributed by atoms with Crippen molar-refractivity contribution in [1.29, 1.82) is 5.26 Å². The summed E-state index contributed by atoms with van der Waals surface area (Å²) in [6.07, 6.45) is -0.131. The number of aryl methyl sites for hydroxylation is 1. The molecular weight excluding hydrogens is 404 g/mol. The maximum Gasteiger partial charge on any atom is 0.195 e. The second kappa shape index (κ2) is 6.93. The lowest BCUT2D eigenvalue weighted by atomic mass is 9.71. The highest BCUT2D eigenvalue weighted by Crippen LogP contribution is 2.45. The maximum atomic E-state index is 13.5. The smallest absolute Gasteiger partial charge is 0.195 e. The van der Waals surface area contributed by atoms with E-state index in [-0.39, 0.29) is 11.9 Å². The number of carbonyl (C=O) groups excluding carboxylic acids is 1. The SMILES string of the molecule is Cc1c(C#N)ccc2c3c([nH]c12)C(C)(C)c1cc(OC[C@H]2COC(C)(C)O2)ccc1C3=O. The number of aromatic amines is 1. The van der Waals surface area contributed by atoms with Crippen molar-refractivity contribution in [2.75, 3.05) is 13.2 Å². The molecule has 1 aromatic heterocycles. The van der Waals surface area contributed by atoms with E-state index < -0.39 is 11.2 Å². The number of ketones is 1. The number of carbonyl (C=O) groups is 1. The second-order valence-electron chi connectivity index (χ2n) is 9.57. The summed E-state index contributed by atoms with van der Waals surface area (Å²) in [5, 5.41) is 10.3. The third kappa shape index (κ3) is 3.04. The van der Waals surface area contributed by atoms with Crippen molar-refractivity contribution in [3.8, 4) is 11.8 Å². The van der Waals surface area contributed by atoms with Crippen LogP contribution in [0.15, 0.2) is 30.3 Å². The average Bonchev–Trinajstić information content (AvgIpc) is 3.32. The Bertz CT molecular complexity index is 1310. The number of benzene rings is 2. The third-order valence-corrected chi connectivity index (χ3v) is 6.62. The number of hydrogen-bond donors (Lipinski definition) is 1. The number of rotatable bonds is 3. The summed E-state index contributed by atoms with van der Waals surface area (Å²) in [6, 6.07) is 11.5. The molecule has 32 heavy (non-hydrogen) atoms. The van der Waals surface area contributed by atoms with Crippen LogP contribution in [0.4, 0.5) is 0 Å². The van der Waals surface area contributed by atoms with Crippen LogP contribution in [0, 0.1) is 18.3 Å². The molecule has 1 aliphatic heterocycles. The summed E-state index contributed by atoms with van der Waals surface area (Å²) >= 11 is 0. The highest BCUT2D eigenvalue weighted by molar-refractivity contribution is 6.20. The first kappa shape index (κ1) is 20.7. The first-order valence-electron chi connectivity index (χ1n) is 10.8. The maximum absolute atomic E-state index is 13.5. The summed E-state index contributed by atoms with van der Waals surface area (Å²) in [6.45, 7) is 10.8. The molecule has 1 atom stereocenters. The van der Waals surface area contributed by atoms with Crippen LogP contribution in [-0.2, 0) is 14.9 Å². The van der Waals surface area contributed by atoms with Gasteiger partial charge in [-0.2, -0.15) is 5.26 Å². The quantitative estimate of drug-likeness (QED) is 0.648. The normalized spacial score (nSPS) is 20.6. The van der Waals surface area contributed by atoms with E-state index in [4.69, 9.17) is 14.2 Å². The van der Waals surface area contributed by atoms with Gasteiger partial charge >= 0.3 is 0 Å². The van der Waals surface area contributed by atoms with Gasteiger partial charge in [0.05, 0.1) is 29.3 Å². The van der Waals surface area contributed by atoms with Crippen molar-refractivity contribution < 1.29 is 19.0 Å². The number of H-pyrrole nitrogens is 1. The zero-order chi connectivity index (χ0) is 22.8. The molecule has 0 amide bonds. The zero-order valence-corrected chi connectivity index (χ0v) is 19.0. The predicted molar refractivity (Wildman–Crippen MR) is 120 cm³/mol. The molecular formula is C26H26N2O4. The molecule has 164 valence electrons. The minimum absolute atomic E-state index is 0.00879. The van der Waals surface area contributed by atoms with Gasteiger partial charge in [-0.3, -0.25) is 4.79 Å². The molecule has 2 heterocycles. The molecule has 0 radical (unpaired) electrons. The summed E-state index contributed by atoms with van der Waals surface area (Å²) in [7, 11) is 0. The molecule has 1 saturated heterocycles. The minimum atomic E-state index is -0.589. The molecule has 6 heteroatoms. The van der Waals surface area contributed by atoms with Gasteiger partial charge in [-0.05, 0) is 56.2 Å². The van der Waals surface area contributed by atoms with E-state index in [2.05, 4.69) is 24.9 Å². The van der Waals surface area contributed by atoms with Crippen LogP contribution in [0.1, 0.15) is 66.0 Å². The van der Waals surface area contributed by atoms with Gasteiger partial charge in [-0.25, -0.2) is 0 Å². The molecule has 1 fully saturated rings. The highest BCUT2D eigenvalue weighted by atomic mass is 16.7. The first-order valence-corrected chi connectivity index (χ1v) is 10.8. The predicted octanol–water partition coefficient (Wildman–Crippen LogP) is 4.75. The average molecular weight is 431 g/mol. The van der Waals surface area contributed by atoms with Crippen LogP contribution in [-0.4, -0.2) is 35.9 Å². The lowest BCUT2D eigenvalue weighted by Gasteiger charge is -2.32. The van der Waals surface area contributed by atoms with Gasteiger partial charge < -0.3 is 19.2 Å². The first-order chi connectivity index (χ1) is 15.1. The van der Waals surface area contributed by atoms with E-state index in [0.29, 0.717) is 35.7 Å². The Balaban J connectivity index is 1.53. The summed E-state index contributed by atoms with van der Waals surface area (Å²) in [4.78, 5) is 17.0. The number of hydrogen-bond acceptors (Lipinski definition) is 5. The largest absolute Gasteiger partial charge is 0.491 e. The van der Waals surface area contributed by atoms with Crippen molar-refractivity contribution in [1.82, 2.24) is 4.98 Å². The van der Waals surface area contributed by atoms with Crippen LogP contribution in [0.3, 0.4) is 0 Å². The van der Waals surface area contributed by atoms with Gasteiger partial charge in [-0.15, -0.1) is 0 Å². The Hall–Kier alpha value is -3.14. The van der Waals surface area contributed by atoms with Crippen LogP contribution in [0.25, 0.3) is 10.9 Å². The Morgan fingerprint density at radius 3 is 2.69 bits per heavy atom. The Morgan fingerprint density at radius 2 is 2.00 bits per heavy atom. The van der Waals surface area contributed by atoms with Crippen molar-refractivity contribution in [2.45, 2.75) is 51.9 Å². The number of nitriles is 1. The molecule has 0 saturated carbocycles. The van der Waals surface area contributed by atoms with E-state index in [1.165, 1.54) is 0 Å². The molecule has 5 rings (SSSR count). The van der Waals surface area contributed by atoms with Crippen LogP contribution in [0.5, 0.6) is 5.75 Å². The molecule has 0 bridgehead atoms. The fourth-order valence-electron chi connectivity index (χ4n) is 4.86. The minimum Gasteiger partial charge on any atom is -0.491 e. The van der Waals surface area contributed by atoms with Gasteiger partial charge in [0, 0.05) is 22.1 Å². The fraction of sp³-hybridized carbons (Fsp3) is 0.385. The van der Waals surface area contributed by atoms with Crippen molar-refractivity contribution in [3.05, 3.63) is 63.8 Å². The van der Waals surface area contributed by atoms with Crippen molar-refractivity contribution >= 4 is 16.7 Å². The fourth-order valence-corrected chi connectivity index (χ4v) is 4.86. The monoisotopic (exact) mass is 430 g/mol. The Morgan fingerprint density at radius 1 is 1.22 bits per heavy atom. The molecule has 6 nitrogen and oxygen atoms in total. The van der Waals surface area contributed by atoms with Gasteiger partial charge in [0.25, 0.3) is 0 Å². The number of nitrogens with zero attached hydrogens (tertiary/aromatic N) is 1.